The summed E-state index contributed by atoms with van der Waals surface area (Å²) in [5, 5.41) is 3.19. The molecular formula is C17H17ClFNOS. The van der Waals surface area contributed by atoms with E-state index in [0.717, 1.165) is 0 Å². The molecule has 2 aromatic carbocycles. The fourth-order valence-electron chi connectivity index (χ4n) is 1.95. The molecule has 0 saturated heterocycles. The molecule has 0 aliphatic rings. The van der Waals surface area contributed by atoms with E-state index in [0.29, 0.717) is 22.4 Å². The van der Waals surface area contributed by atoms with Gasteiger partial charge < -0.3 is 5.32 Å². The van der Waals surface area contributed by atoms with Gasteiger partial charge in [-0.25, -0.2) is 4.39 Å². The van der Waals surface area contributed by atoms with Crippen molar-refractivity contribution in [2.24, 2.45) is 0 Å². The second kappa shape index (κ2) is 8.20. The monoisotopic (exact) mass is 337 g/mol. The molecular weight excluding hydrogens is 321 g/mol. The molecule has 0 bridgehead atoms. The number of amides is 1. The van der Waals surface area contributed by atoms with Gasteiger partial charge in [-0.3, -0.25) is 4.79 Å². The first-order valence-electron chi connectivity index (χ1n) is 6.97. The Labute approximate surface area is 139 Å². The second-order valence-corrected chi connectivity index (χ2v) is 6.73. The van der Waals surface area contributed by atoms with Gasteiger partial charge in [0, 0.05) is 22.4 Å². The third kappa shape index (κ3) is 5.04. The third-order valence-electron chi connectivity index (χ3n) is 3.17. The number of anilines is 1. The number of carbonyl (C=O) groups excluding carboxylic acids is 1. The van der Waals surface area contributed by atoms with Crippen molar-refractivity contribution >= 4 is 35.0 Å². The summed E-state index contributed by atoms with van der Waals surface area (Å²) >= 11 is 7.37. The highest BCUT2D eigenvalue weighted by Gasteiger charge is 2.10. The third-order valence-corrected chi connectivity index (χ3v) is 4.62. The van der Waals surface area contributed by atoms with Gasteiger partial charge in [0.25, 0.3) is 0 Å². The van der Waals surface area contributed by atoms with Crippen LogP contribution in [0.3, 0.4) is 0 Å². The summed E-state index contributed by atoms with van der Waals surface area (Å²) in [4.78, 5) is 11.8. The summed E-state index contributed by atoms with van der Waals surface area (Å²) < 4.78 is 13.6. The maximum Gasteiger partial charge on any atom is 0.225 e. The fourth-order valence-corrected chi connectivity index (χ4v) is 3.12. The summed E-state index contributed by atoms with van der Waals surface area (Å²) in [7, 11) is 0. The molecule has 1 atom stereocenters. The van der Waals surface area contributed by atoms with E-state index in [9.17, 15) is 9.18 Å². The molecule has 0 unspecified atom stereocenters. The first-order chi connectivity index (χ1) is 10.6. The van der Waals surface area contributed by atoms with Gasteiger partial charge in [-0.15, -0.1) is 0 Å². The smallest absolute Gasteiger partial charge is 0.225 e. The molecule has 1 amide bonds. The average molecular weight is 338 g/mol. The zero-order chi connectivity index (χ0) is 15.9. The van der Waals surface area contributed by atoms with Crippen molar-refractivity contribution in [2.45, 2.75) is 18.6 Å². The van der Waals surface area contributed by atoms with Crippen LogP contribution in [0.2, 0.25) is 5.02 Å². The van der Waals surface area contributed by atoms with Gasteiger partial charge >= 0.3 is 0 Å². The number of rotatable bonds is 6. The van der Waals surface area contributed by atoms with E-state index in [4.69, 9.17) is 11.6 Å². The van der Waals surface area contributed by atoms with Crippen molar-refractivity contribution < 1.29 is 9.18 Å². The van der Waals surface area contributed by atoms with Crippen LogP contribution in [0.25, 0.3) is 0 Å². The molecule has 0 heterocycles. The molecule has 0 radical (unpaired) electrons. The normalized spacial score (nSPS) is 12.0. The van der Waals surface area contributed by atoms with E-state index in [-0.39, 0.29) is 11.6 Å². The molecule has 0 aromatic heterocycles. The van der Waals surface area contributed by atoms with Gasteiger partial charge in [-0.05, 0) is 30.7 Å². The second-order valence-electron chi connectivity index (χ2n) is 4.85. The first kappa shape index (κ1) is 16.8. The van der Waals surface area contributed by atoms with Crippen molar-refractivity contribution in [1.82, 2.24) is 0 Å². The maximum atomic E-state index is 13.6. The van der Waals surface area contributed by atoms with Crippen LogP contribution in [0.4, 0.5) is 10.1 Å². The van der Waals surface area contributed by atoms with E-state index in [2.05, 4.69) is 24.4 Å². The number of hydrogen-bond donors (Lipinski definition) is 1. The number of hydrogen-bond acceptors (Lipinski definition) is 2. The lowest BCUT2D eigenvalue weighted by Gasteiger charge is -2.11. The van der Waals surface area contributed by atoms with E-state index in [1.807, 2.05) is 18.2 Å². The van der Waals surface area contributed by atoms with E-state index < -0.39 is 5.82 Å². The Hall–Kier alpha value is -1.52. The molecule has 5 heteroatoms. The van der Waals surface area contributed by atoms with E-state index in [1.54, 1.807) is 17.8 Å². The van der Waals surface area contributed by atoms with Crippen LogP contribution in [0.1, 0.15) is 24.2 Å². The van der Waals surface area contributed by atoms with Gasteiger partial charge in [-0.1, -0.05) is 41.9 Å². The van der Waals surface area contributed by atoms with Crippen LogP contribution in [0.15, 0.2) is 48.5 Å². The molecule has 2 aromatic rings. The Balaban J connectivity index is 1.78. The lowest BCUT2D eigenvalue weighted by atomic mass is 10.2. The number of thioether (sulfide) groups is 1. The molecule has 1 N–H and O–H groups in total. The zero-order valence-electron chi connectivity index (χ0n) is 12.2. The van der Waals surface area contributed by atoms with E-state index >= 15 is 0 Å². The topological polar surface area (TPSA) is 29.1 Å². The highest BCUT2D eigenvalue weighted by Crippen LogP contribution is 2.28. The molecule has 0 fully saturated rings. The van der Waals surface area contributed by atoms with Crippen LogP contribution in [-0.2, 0) is 4.79 Å². The Kier molecular flexibility index (Phi) is 6.28. The van der Waals surface area contributed by atoms with Crippen molar-refractivity contribution in [3.05, 3.63) is 64.9 Å². The predicted molar refractivity (Wildman–Crippen MR) is 92.0 cm³/mol. The number of carbonyl (C=O) groups is 1. The highest BCUT2D eigenvalue weighted by molar-refractivity contribution is 7.99. The van der Waals surface area contributed by atoms with Gasteiger partial charge in [0.15, 0.2) is 0 Å². The highest BCUT2D eigenvalue weighted by atomic mass is 35.5. The van der Waals surface area contributed by atoms with Gasteiger partial charge in [0.2, 0.25) is 5.91 Å². The molecule has 0 aliphatic carbocycles. The molecule has 0 saturated carbocycles. The number of halogens is 2. The Morgan fingerprint density at radius 1 is 1.27 bits per heavy atom. The molecule has 2 nitrogen and oxygen atoms in total. The lowest BCUT2D eigenvalue weighted by Crippen LogP contribution is -2.13. The summed E-state index contributed by atoms with van der Waals surface area (Å²) in [6, 6.07) is 14.3. The molecule has 0 aliphatic heterocycles. The zero-order valence-corrected chi connectivity index (χ0v) is 13.8. The quantitative estimate of drug-likeness (QED) is 0.774. The van der Waals surface area contributed by atoms with Crippen molar-refractivity contribution in [1.29, 1.82) is 0 Å². The van der Waals surface area contributed by atoms with Crippen LogP contribution in [-0.4, -0.2) is 11.7 Å². The molecule has 116 valence electrons. The lowest BCUT2D eigenvalue weighted by molar-refractivity contribution is -0.115. The maximum absolute atomic E-state index is 13.6. The molecule has 0 spiro atoms. The summed E-state index contributed by atoms with van der Waals surface area (Å²) in [6.45, 7) is 2.11. The first-order valence-corrected chi connectivity index (χ1v) is 8.40. The SMILES string of the molecule is C[C@@H](SCCC(=O)Nc1ccc(Cl)cc1F)c1ccccc1. The minimum absolute atomic E-state index is 0.163. The minimum atomic E-state index is -0.522. The number of nitrogens with one attached hydrogen (secondary N) is 1. The van der Waals surface area contributed by atoms with Crippen LogP contribution in [0.5, 0.6) is 0 Å². The molecule has 2 rings (SSSR count). The van der Waals surface area contributed by atoms with E-state index in [1.165, 1.54) is 17.7 Å². The van der Waals surface area contributed by atoms with Crippen LogP contribution >= 0.6 is 23.4 Å². The largest absolute Gasteiger partial charge is 0.324 e. The van der Waals surface area contributed by atoms with Crippen molar-refractivity contribution in [3.8, 4) is 0 Å². The van der Waals surface area contributed by atoms with Gasteiger partial charge in [0.05, 0.1) is 5.69 Å². The van der Waals surface area contributed by atoms with Crippen molar-refractivity contribution in [3.63, 3.8) is 0 Å². The fraction of sp³-hybridized carbons (Fsp3) is 0.235. The Bertz CT molecular complexity index is 636. The summed E-state index contributed by atoms with van der Waals surface area (Å²) in [5.74, 6) is -0.0444. The minimum Gasteiger partial charge on any atom is -0.324 e. The average Bonchev–Trinajstić information content (AvgIpc) is 2.51. The summed E-state index contributed by atoms with van der Waals surface area (Å²) in [5.41, 5.74) is 1.40. The summed E-state index contributed by atoms with van der Waals surface area (Å²) in [6.07, 6.45) is 0.337. The van der Waals surface area contributed by atoms with Crippen LogP contribution < -0.4 is 5.32 Å². The van der Waals surface area contributed by atoms with Crippen LogP contribution in [0, 0.1) is 5.82 Å². The van der Waals surface area contributed by atoms with Gasteiger partial charge in [-0.2, -0.15) is 11.8 Å². The Morgan fingerprint density at radius 2 is 2.00 bits per heavy atom. The Morgan fingerprint density at radius 3 is 2.68 bits per heavy atom. The standard InChI is InChI=1S/C17H17ClFNOS/c1-12(13-5-3-2-4-6-13)22-10-9-17(21)20-16-8-7-14(18)11-15(16)19/h2-8,11-12H,9-10H2,1H3,(H,20,21)/t12-/m1/s1. The number of benzene rings is 2. The predicted octanol–water partition coefficient (Wildman–Crippen LogP) is 5.30. The van der Waals surface area contributed by atoms with Crippen molar-refractivity contribution in [2.75, 3.05) is 11.1 Å². The van der Waals surface area contributed by atoms with Gasteiger partial charge in [0.1, 0.15) is 5.82 Å². The molecule has 22 heavy (non-hydrogen) atoms.